The standard InChI is InChI=1S/C18H18F2N2O3/c1-11(14-4-3-13(19)9-15(14)20)22-18(23)21-7-6-12-2-5-16-17(8-12)25-10-24-16/h2-5,8-9,11H,6-7,10H2,1H3,(H2,21,22,23). The molecule has 3 rings (SSSR count). The van der Waals surface area contributed by atoms with Crippen LogP contribution in [0.1, 0.15) is 24.1 Å². The van der Waals surface area contributed by atoms with Gasteiger partial charge in [0.05, 0.1) is 6.04 Å². The van der Waals surface area contributed by atoms with Gasteiger partial charge >= 0.3 is 6.03 Å². The van der Waals surface area contributed by atoms with E-state index >= 15 is 0 Å². The first-order valence-electron chi connectivity index (χ1n) is 7.91. The van der Waals surface area contributed by atoms with E-state index in [0.717, 1.165) is 17.7 Å². The minimum Gasteiger partial charge on any atom is -0.454 e. The number of amides is 2. The van der Waals surface area contributed by atoms with Crippen molar-refractivity contribution in [3.63, 3.8) is 0 Å². The van der Waals surface area contributed by atoms with Gasteiger partial charge < -0.3 is 20.1 Å². The Morgan fingerprint density at radius 2 is 1.96 bits per heavy atom. The van der Waals surface area contributed by atoms with E-state index < -0.39 is 23.7 Å². The van der Waals surface area contributed by atoms with Crippen molar-refractivity contribution in [3.05, 3.63) is 59.2 Å². The Balaban J connectivity index is 1.48. The number of halogens is 2. The molecule has 0 bridgehead atoms. The smallest absolute Gasteiger partial charge is 0.315 e. The molecule has 132 valence electrons. The van der Waals surface area contributed by atoms with Crippen LogP contribution in [-0.4, -0.2) is 19.4 Å². The number of hydrogen-bond donors (Lipinski definition) is 2. The predicted molar refractivity (Wildman–Crippen MR) is 87.6 cm³/mol. The molecule has 0 saturated carbocycles. The average molecular weight is 348 g/mol. The molecule has 1 aliphatic rings. The third-order valence-corrected chi connectivity index (χ3v) is 3.91. The maximum absolute atomic E-state index is 13.7. The molecule has 1 unspecified atom stereocenters. The number of carbonyl (C=O) groups excluding carboxylic acids is 1. The van der Waals surface area contributed by atoms with Gasteiger partial charge in [0, 0.05) is 18.2 Å². The van der Waals surface area contributed by atoms with Crippen LogP contribution in [0.25, 0.3) is 0 Å². The Morgan fingerprint density at radius 3 is 2.76 bits per heavy atom. The molecule has 0 spiro atoms. The van der Waals surface area contributed by atoms with Crippen LogP contribution in [0.4, 0.5) is 13.6 Å². The fourth-order valence-electron chi connectivity index (χ4n) is 2.59. The predicted octanol–water partition coefficient (Wildman–Crippen LogP) is 3.30. The van der Waals surface area contributed by atoms with E-state index in [1.165, 1.54) is 6.07 Å². The molecule has 1 heterocycles. The van der Waals surface area contributed by atoms with Gasteiger partial charge in [0.1, 0.15) is 11.6 Å². The largest absolute Gasteiger partial charge is 0.454 e. The summed E-state index contributed by atoms with van der Waals surface area (Å²) < 4.78 is 37.2. The quantitative estimate of drug-likeness (QED) is 0.872. The first-order valence-corrected chi connectivity index (χ1v) is 7.91. The summed E-state index contributed by atoms with van der Waals surface area (Å²) in [7, 11) is 0. The zero-order valence-electron chi connectivity index (χ0n) is 13.6. The van der Waals surface area contributed by atoms with Crippen LogP contribution < -0.4 is 20.1 Å². The summed E-state index contributed by atoms with van der Waals surface area (Å²) in [4.78, 5) is 11.9. The molecule has 2 N–H and O–H groups in total. The third kappa shape index (κ3) is 4.17. The molecule has 1 atom stereocenters. The zero-order valence-corrected chi connectivity index (χ0v) is 13.6. The molecule has 5 nitrogen and oxygen atoms in total. The van der Waals surface area contributed by atoms with Crippen molar-refractivity contribution < 1.29 is 23.0 Å². The second-order valence-corrected chi connectivity index (χ2v) is 5.73. The molecule has 0 aromatic heterocycles. The van der Waals surface area contributed by atoms with Crippen molar-refractivity contribution in [2.75, 3.05) is 13.3 Å². The normalized spacial score (nSPS) is 13.4. The lowest BCUT2D eigenvalue weighted by Gasteiger charge is -2.16. The highest BCUT2D eigenvalue weighted by Gasteiger charge is 2.15. The SMILES string of the molecule is CC(NC(=O)NCCc1ccc2c(c1)OCO2)c1ccc(F)cc1F. The number of hydrogen-bond acceptors (Lipinski definition) is 3. The fourth-order valence-corrected chi connectivity index (χ4v) is 2.59. The Bertz CT molecular complexity index is 783. The van der Waals surface area contributed by atoms with Crippen molar-refractivity contribution in [1.29, 1.82) is 0 Å². The van der Waals surface area contributed by atoms with E-state index in [1.807, 2.05) is 18.2 Å². The summed E-state index contributed by atoms with van der Waals surface area (Å²) >= 11 is 0. The topological polar surface area (TPSA) is 59.6 Å². The molecule has 0 aliphatic carbocycles. The minimum atomic E-state index is -0.687. The van der Waals surface area contributed by atoms with Gasteiger partial charge in [0.25, 0.3) is 0 Å². The Kier molecular flexibility index (Phi) is 5.02. The van der Waals surface area contributed by atoms with E-state index in [4.69, 9.17) is 9.47 Å². The van der Waals surface area contributed by atoms with E-state index in [2.05, 4.69) is 10.6 Å². The van der Waals surface area contributed by atoms with Gasteiger partial charge in [0.15, 0.2) is 11.5 Å². The molecule has 25 heavy (non-hydrogen) atoms. The first-order chi connectivity index (χ1) is 12.0. The molecule has 1 aliphatic heterocycles. The Hall–Kier alpha value is -2.83. The molecular weight excluding hydrogens is 330 g/mol. The summed E-state index contributed by atoms with van der Waals surface area (Å²) in [5, 5.41) is 5.34. The van der Waals surface area contributed by atoms with Gasteiger partial charge in [-0.05, 0) is 37.1 Å². The molecule has 0 saturated heterocycles. The van der Waals surface area contributed by atoms with Gasteiger partial charge in [-0.3, -0.25) is 0 Å². The van der Waals surface area contributed by atoms with Crippen molar-refractivity contribution in [2.45, 2.75) is 19.4 Å². The van der Waals surface area contributed by atoms with Crippen LogP contribution in [0.2, 0.25) is 0 Å². The molecule has 7 heteroatoms. The summed E-state index contributed by atoms with van der Waals surface area (Å²) in [5.74, 6) is 0.0711. The van der Waals surface area contributed by atoms with Crippen LogP contribution >= 0.6 is 0 Å². The number of fused-ring (bicyclic) bond motifs is 1. The lowest BCUT2D eigenvalue weighted by molar-refractivity contribution is 0.174. The Morgan fingerprint density at radius 1 is 1.16 bits per heavy atom. The van der Waals surface area contributed by atoms with Gasteiger partial charge in [-0.2, -0.15) is 0 Å². The van der Waals surface area contributed by atoms with Crippen LogP contribution in [0, 0.1) is 11.6 Å². The van der Waals surface area contributed by atoms with E-state index in [0.29, 0.717) is 24.5 Å². The lowest BCUT2D eigenvalue weighted by Crippen LogP contribution is -2.38. The van der Waals surface area contributed by atoms with Gasteiger partial charge in [-0.15, -0.1) is 0 Å². The second kappa shape index (κ2) is 7.38. The highest BCUT2D eigenvalue weighted by molar-refractivity contribution is 5.74. The van der Waals surface area contributed by atoms with E-state index in [-0.39, 0.29) is 12.4 Å². The maximum Gasteiger partial charge on any atom is 0.315 e. The molecule has 2 amide bonds. The molecular formula is C18H18F2N2O3. The number of carbonyl (C=O) groups is 1. The van der Waals surface area contributed by atoms with Crippen LogP contribution in [-0.2, 0) is 6.42 Å². The molecule has 0 radical (unpaired) electrons. The maximum atomic E-state index is 13.7. The van der Waals surface area contributed by atoms with E-state index in [9.17, 15) is 13.6 Å². The first kappa shape index (κ1) is 17.0. The number of ether oxygens (including phenoxy) is 2. The van der Waals surface area contributed by atoms with Crippen molar-refractivity contribution >= 4 is 6.03 Å². The molecule has 0 fully saturated rings. The average Bonchev–Trinajstić information content (AvgIpc) is 3.02. The number of urea groups is 1. The second-order valence-electron chi connectivity index (χ2n) is 5.73. The summed E-state index contributed by atoms with van der Waals surface area (Å²) in [5.41, 5.74) is 1.23. The lowest BCUT2D eigenvalue weighted by atomic mass is 10.1. The molecule has 2 aromatic carbocycles. The Labute approximate surface area is 143 Å². The van der Waals surface area contributed by atoms with Crippen LogP contribution in [0.3, 0.4) is 0 Å². The number of nitrogens with one attached hydrogen (secondary N) is 2. The highest BCUT2D eigenvalue weighted by atomic mass is 19.1. The van der Waals surface area contributed by atoms with E-state index in [1.54, 1.807) is 6.92 Å². The van der Waals surface area contributed by atoms with Crippen molar-refractivity contribution in [3.8, 4) is 11.5 Å². The van der Waals surface area contributed by atoms with Gasteiger partial charge in [-0.25, -0.2) is 13.6 Å². The number of benzene rings is 2. The highest BCUT2D eigenvalue weighted by Crippen LogP contribution is 2.32. The minimum absolute atomic E-state index is 0.220. The van der Waals surface area contributed by atoms with Crippen LogP contribution in [0.15, 0.2) is 36.4 Å². The monoisotopic (exact) mass is 348 g/mol. The van der Waals surface area contributed by atoms with Crippen molar-refractivity contribution in [1.82, 2.24) is 10.6 Å². The van der Waals surface area contributed by atoms with Gasteiger partial charge in [-0.1, -0.05) is 12.1 Å². The van der Waals surface area contributed by atoms with Gasteiger partial charge in [0.2, 0.25) is 6.79 Å². The summed E-state index contributed by atoms with van der Waals surface area (Å²) in [6.45, 7) is 2.26. The van der Waals surface area contributed by atoms with Crippen molar-refractivity contribution in [2.24, 2.45) is 0 Å². The third-order valence-electron chi connectivity index (χ3n) is 3.91. The summed E-state index contributed by atoms with van der Waals surface area (Å²) in [6, 6.07) is 7.89. The summed E-state index contributed by atoms with van der Waals surface area (Å²) in [6.07, 6.45) is 0.614. The van der Waals surface area contributed by atoms with Crippen LogP contribution in [0.5, 0.6) is 11.5 Å². The fraction of sp³-hybridized carbons (Fsp3) is 0.278. The number of rotatable bonds is 5. The zero-order chi connectivity index (χ0) is 17.8. The molecule has 2 aromatic rings.